The molecule has 6 aromatic carbocycles. The first-order valence-corrected chi connectivity index (χ1v) is 16.3. The van der Waals surface area contributed by atoms with Crippen LogP contribution >= 0.6 is 0 Å². The lowest BCUT2D eigenvalue weighted by atomic mass is 10.0. The molecule has 1 N–H and O–H groups in total. The molecule has 4 nitrogen and oxygen atoms in total. The monoisotopic (exact) mass is 616 g/mol. The Balaban J connectivity index is 1.14. The fourth-order valence-electron chi connectivity index (χ4n) is 7.16. The molecule has 48 heavy (non-hydrogen) atoms. The number of nitrogens with one attached hydrogen (secondary N) is 1. The predicted molar refractivity (Wildman–Crippen MR) is 204 cm³/mol. The Morgan fingerprint density at radius 2 is 1.23 bits per heavy atom. The van der Waals surface area contributed by atoms with E-state index in [1.165, 1.54) is 38.1 Å². The fraction of sp³-hybridized carbons (Fsp3) is 0.0227. The average Bonchev–Trinajstić information content (AvgIpc) is 3.82. The molecule has 0 amide bonds. The van der Waals surface area contributed by atoms with Crippen molar-refractivity contribution in [1.82, 2.24) is 19.1 Å². The van der Waals surface area contributed by atoms with Crippen molar-refractivity contribution >= 4 is 60.3 Å². The van der Waals surface area contributed by atoms with Crippen molar-refractivity contribution in [2.45, 2.75) is 6.92 Å². The third-order valence-electron chi connectivity index (χ3n) is 9.38. The number of nitrogens with zero attached hydrogens (tertiary/aromatic N) is 3. The van der Waals surface area contributed by atoms with Gasteiger partial charge in [-0.3, -0.25) is 0 Å². The number of hydrogen-bond acceptors (Lipinski definition) is 1. The molecule has 0 aliphatic rings. The van der Waals surface area contributed by atoms with Gasteiger partial charge < -0.3 is 14.1 Å². The van der Waals surface area contributed by atoms with Crippen molar-refractivity contribution in [2.24, 2.45) is 0 Å². The molecule has 9 rings (SSSR count). The highest BCUT2D eigenvalue weighted by molar-refractivity contribution is 6.12. The second-order valence-electron chi connectivity index (χ2n) is 12.1. The molecule has 0 fully saturated rings. The minimum absolute atomic E-state index is 0.857. The highest BCUT2D eigenvalue weighted by Crippen LogP contribution is 2.37. The highest BCUT2D eigenvalue weighted by Gasteiger charge is 2.16. The van der Waals surface area contributed by atoms with Crippen LogP contribution in [-0.4, -0.2) is 19.1 Å². The van der Waals surface area contributed by atoms with Gasteiger partial charge in [-0.2, -0.15) is 0 Å². The van der Waals surface area contributed by atoms with Crippen molar-refractivity contribution in [3.05, 3.63) is 164 Å². The third kappa shape index (κ3) is 4.34. The number of aromatic nitrogens is 4. The van der Waals surface area contributed by atoms with E-state index in [9.17, 15) is 0 Å². The molecule has 4 heteroatoms. The zero-order valence-electron chi connectivity index (χ0n) is 26.6. The van der Waals surface area contributed by atoms with Crippen molar-refractivity contribution in [1.29, 1.82) is 0 Å². The summed E-state index contributed by atoms with van der Waals surface area (Å²) in [5.41, 5.74) is 12.2. The summed E-state index contributed by atoms with van der Waals surface area (Å²) < 4.78 is 4.63. The van der Waals surface area contributed by atoms with Crippen LogP contribution in [0.4, 0.5) is 0 Å². The normalized spacial score (nSPS) is 12.4. The van der Waals surface area contributed by atoms with Crippen LogP contribution in [-0.2, 0) is 0 Å². The number of hydrogen-bond donors (Lipinski definition) is 1. The van der Waals surface area contributed by atoms with Gasteiger partial charge in [0.15, 0.2) is 0 Å². The van der Waals surface area contributed by atoms with Gasteiger partial charge in [0, 0.05) is 38.5 Å². The molecule has 3 aromatic heterocycles. The quantitative estimate of drug-likeness (QED) is 0.185. The molecule has 228 valence electrons. The molecule has 0 atom stereocenters. The van der Waals surface area contributed by atoms with Crippen LogP contribution in [0.2, 0.25) is 0 Å². The van der Waals surface area contributed by atoms with Gasteiger partial charge in [-0.15, -0.1) is 0 Å². The van der Waals surface area contributed by atoms with Crippen molar-refractivity contribution in [3.63, 3.8) is 0 Å². The van der Waals surface area contributed by atoms with Crippen LogP contribution in [0.3, 0.4) is 0 Å². The number of allylic oxidation sites excluding steroid dienone is 5. The molecular weight excluding hydrogens is 585 g/mol. The Hall–Kier alpha value is -6.39. The van der Waals surface area contributed by atoms with Crippen molar-refractivity contribution in [2.75, 3.05) is 0 Å². The Bertz CT molecular complexity index is 2750. The van der Waals surface area contributed by atoms with Gasteiger partial charge >= 0.3 is 0 Å². The molecule has 0 aliphatic carbocycles. The van der Waals surface area contributed by atoms with Crippen LogP contribution in [0.15, 0.2) is 164 Å². The van der Waals surface area contributed by atoms with E-state index in [2.05, 4.69) is 166 Å². The molecule has 3 heterocycles. The van der Waals surface area contributed by atoms with Gasteiger partial charge in [-0.1, -0.05) is 85.5 Å². The topological polar surface area (TPSA) is 38.5 Å². The van der Waals surface area contributed by atoms with Crippen LogP contribution in [0.5, 0.6) is 0 Å². The zero-order valence-corrected chi connectivity index (χ0v) is 26.6. The number of imidazole rings is 1. The van der Waals surface area contributed by atoms with Crippen molar-refractivity contribution in [3.8, 4) is 28.2 Å². The predicted octanol–water partition coefficient (Wildman–Crippen LogP) is 11.7. The van der Waals surface area contributed by atoms with E-state index in [1.54, 1.807) is 0 Å². The number of H-pyrrole nitrogens is 1. The first kappa shape index (κ1) is 27.9. The molecule has 9 aromatic rings. The number of aromatic amines is 1. The molecule has 0 unspecified atom stereocenters. The SMILES string of the molecule is C=C/C(=C\C=C/C)n1c2ccccc2c2cc(-c3nc4cc(-c5ccc6c(c5)c5ccccc5n6-c5ccccc5)ccc4[nH]3)ccc21. The maximum atomic E-state index is 5.11. The standard InChI is InChI=1S/C44H32N4/c1-3-5-13-32(4-2)47-40-18-11-9-17-35(40)37-27-31(22-25-42(37)47)44-45-38-23-20-30(28-39(38)46-44)29-21-24-43-36(26-29)34-16-10-12-19-41(34)48(43)33-14-7-6-8-15-33/h3-28H,2H2,1H3,(H,45,46)/b5-3-,32-13+. The second-order valence-corrected chi connectivity index (χ2v) is 12.1. The Kier molecular flexibility index (Phi) is 6.47. The van der Waals surface area contributed by atoms with E-state index in [1.807, 2.05) is 19.1 Å². The fourth-order valence-corrected chi connectivity index (χ4v) is 7.16. The van der Waals surface area contributed by atoms with Crippen LogP contribution in [0, 0.1) is 0 Å². The lowest BCUT2D eigenvalue weighted by Crippen LogP contribution is -1.94. The first-order chi connectivity index (χ1) is 23.7. The third-order valence-corrected chi connectivity index (χ3v) is 9.38. The summed E-state index contributed by atoms with van der Waals surface area (Å²) >= 11 is 0. The Morgan fingerprint density at radius 1 is 0.625 bits per heavy atom. The van der Waals surface area contributed by atoms with E-state index >= 15 is 0 Å². The molecule has 0 spiro atoms. The molecule has 0 saturated carbocycles. The van der Waals surface area contributed by atoms with E-state index in [4.69, 9.17) is 4.98 Å². The lowest BCUT2D eigenvalue weighted by Gasteiger charge is -2.08. The van der Waals surface area contributed by atoms with E-state index in [0.29, 0.717) is 0 Å². The highest BCUT2D eigenvalue weighted by atomic mass is 15.0. The summed E-state index contributed by atoms with van der Waals surface area (Å²) in [4.78, 5) is 8.70. The maximum Gasteiger partial charge on any atom is 0.138 e. The Morgan fingerprint density at radius 3 is 2.04 bits per heavy atom. The number of para-hydroxylation sites is 3. The summed E-state index contributed by atoms with van der Waals surface area (Å²) in [6.45, 7) is 6.13. The summed E-state index contributed by atoms with van der Waals surface area (Å²) in [6.07, 6.45) is 8.10. The van der Waals surface area contributed by atoms with Crippen LogP contribution in [0.25, 0.3) is 88.5 Å². The minimum atomic E-state index is 0.857. The van der Waals surface area contributed by atoms with Gasteiger partial charge in [0.05, 0.1) is 33.1 Å². The average molecular weight is 617 g/mol. The molecule has 0 aliphatic heterocycles. The van der Waals surface area contributed by atoms with Gasteiger partial charge in [0.2, 0.25) is 0 Å². The smallest absolute Gasteiger partial charge is 0.138 e. The summed E-state index contributed by atoms with van der Waals surface area (Å²) in [5, 5.41) is 4.86. The lowest BCUT2D eigenvalue weighted by molar-refractivity contribution is 1.18. The number of rotatable bonds is 6. The largest absolute Gasteiger partial charge is 0.338 e. The maximum absolute atomic E-state index is 5.11. The van der Waals surface area contributed by atoms with E-state index in [-0.39, 0.29) is 0 Å². The summed E-state index contributed by atoms with van der Waals surface area (Å²) in [5.74, 6) is 0.857. The second kappa shape index (κ2) is 11.1. The van der Waals surface area contributed by atoms with Gasteiger partial charge in [-0.25, -0.2) is 4.98 Å². The van der Waals surface area contributed by atoms with Crippen LogP contribution in [0.1, 0.15) is 6.92 Å². The minimum Gasteiger partial charge on any atom is -0.338 e. The number of benzene rings is 6. The Labute approximate surface area is 278 Å². The zero-order chi connectivity index (χ0) is 32.2. The molecular formula is C44H32N4. The van der Waals surface area contributed by atoms with E-state index < -0.39 is 0 Å². The van der Waals surface area contributed by atoms with Crippen molar-refractivity contribution < 1.29 is 0 Å². The molecule has 0 radical (unpaired) electrons. The first-order valence-electron chi connectivity index (χ1n) is 16.3. The van der Waals surface area contributed by atoms with Gasteiger partial charge in [-0.05, 0) is 96.9 Å². The van der Waals surface area contributed by atoms with Crippen LogP contribution < -0.4 is 0 Å². The summed E-state index contributed by atoms with van der Waals surface area (Å²) in [6, 6.07) is 47.7. The summed E-state index contributed by atoms with van der Waals surface area (Å²) in [7, 11) is 0. The molecule has 0 saturated heterocycles. The van der Waals surface area contributed by atoms with E-state index in [0.717, 1.165) is 50.4 Å². The number of fused-ring (bicyclic) bond motifs is 7. The molecule has 0 bridgehead atoms. The van der Waals surface area contributed by atoms with Gasteiger partial charge in [0.25, 0.3) is 0 Å². The van der Waals surface area contributed by atoms with Gasteiger partial charge in [0.1, 0.15) is 5.82 Å².